The smallest absolute Gasteiger partial charge is 0.337 e. The van der Waals surface area contributed by atoms with Gasteiger partial charge < -0.3 is 10.4 Å². The van der Waals surface area contributed by atoms with Crippen molar-refractivity contribution in [2.75, 3.05) is 5.32 Å². The van der Waals surface area contributed by atoms with Gasteiger partial charge in [0.1, 0.15) is 5.82 Å². The van der Waals surface area contributed by atoms with Crippen molar-refractivity contribution in [2.45, 2.75) is 6.92 Å². The third-order valence-corrected chi connectivity index (χ3v) is 2.67. The van der Waals surface area contributed by atoms with Gasteiger partial charge >= 0.3 is 5.97 Å². The van der Waals surface area contributed by atoms with Crippen molar-refractivity contribution < 1.29 is 9.90 Å². The fraction of sp³-hybridized carbons (Fsp3) is 0.0833. The minimum atomic E-state index is -1.06. The quantitative estimate of drug-likeness (QED) is 0.891. The molecular weight excluding hydrogens is 254 g/mol. The molecule has 2 aromatic heterocycles. The van der Waals surface area contributed by atoms with Gasteiger partial charge in [-0.2, -0.15) is 0 Å². The van der Waals surface area contributed by atoms with Gasteiger partial charge in [0.2, 0.25) is 0 Å². The number of aromatic carboxylic acids is 1. The molecule has 0 aliphatic rings. The predicted molar refractivity (Wildman–Crippen MR) is 68.5 cm³/mol. The minimum Gasteiger partial charge on any atom is -0.478 e. The van der Waals surface area contributed by atoms with Crippen LogP contribution < -0.4 is 5.32 Å². The van der Waals surface area contributed by atoms with E-state index < -0.39 is 5.97 Å². The Hall–Kier alpha value is -2.14. The van der Waals surface area contributed by atoms with E-state index in [0.29, 0.717) is 5.82 Å². The van der Waals surface area contributed by atoms with Gasteiger partial charge in [0.05, 0.1) is 22.5 Å². The van der Waals surface area contributed by atoms with Gasteiger partial charge in [0.15, 0.2) is 0 Å². The first kappa shape index (κ1) is 12.3. The number of aromatic nitrogens is 2. The molecule has 0 spiro atoms. The van der Waals surface area contributed by atoms with E-state index in [0.717, 1.165) is 11.3 Å². The number of hydrogen-bond donors (Lipinski definition) is 2. The summed E-state index contributed by atoms with van der Waals surface area (Å²) in [6.45, 7) is 1.92. The monoisotopic (exact) mass is 263 g/mol. The summed E-state index contributed by atoms with van der Waals surface area (Å²) in [6.07, 6.45) is 4.59. The second kappa shape index (κ2) is 5.01. The molecule has 0 radical (unpaired) electrons. The van der Waals surface area contributed by atoms with E-state index in [4.69, 9.17) is 16.7 Å². The van der Waals surface area contributed by atoms with Gasteiger partial charge in [0.25, 0.3) is 0 Å². The van der Waals surface area contributed by atoms with Crippen molar-refractivity contribution in [3.05, 3.63) is 46.9 Å². The van der Waals surface area contributed by atoms with Crippen LogP contribution in [0.2, 0.25) is 5.02 Å². The molecule has 2 heterocycles. The van der Waals surface area contributed by atoms with Crippen LogP contribution in [-0.4, -0.2) is 21.0 Å². The molecule has 0 aliphatic carbocycles. The number of carbonyl (C=O) groups is 1. The summed E-state index contributed by atoms with van der Waals surface area (Å²) in [5.41, 5.74) is 1.81. The zero-order valence-electron chi connectivity index (χ0n) is 9.51. The van der Waals surface area contributed by atoms with E-state index in [2.05, 4.69) is 15.3 Å². The fourth-order valence-electron chi connectivity index (χ4n) is 1.37. The maximum atomic E-state index is 10.7. The van der Waals surface area contributed by atoms with Crippen LogP contribution in [-0.2, 0) is 0 Å². The van der Waals surface area contributed by atoms with Crippen molar-refractivity contribution in [3.8, 4) is 0 Å². The van der Waals surface area contributed by atoms with E-state index in [9.17, 15) is 4.79 Å². The van der Waals surface area contributed by atoms with Gasteiger partial charge in [0, 0.05) is 12.4 Å². The Bertz CT molecular complexity index is 602. The molecule has 92 valence electrons. The second-order valence-corrected chi connectivity index (χ2v) is 4.08. The fourth-order valence-corrected chi connectivity index (χ4v) is 1.58. The molecule has 0 fully saturated rings. The summed E-state index contributed by atoms with van der Waals surface area (Å²) in [5, 5.41) is 12.1. The van der Waals surface area contributed by atoms with Crippen molar-refractivity contribution in [1.82, 2.24) is 9.97 Å². The first-order chi connectivity index (χ1) is 8.58. The molecule has 0 bridgehead atoms. The van der Waals surface area contributed by atoms with Crippen molar-refractivity contribution in [2.24, 2.45) is 0 Å². The number of carboxylic acids is 1. The highest BCUT2D eigenvalue weighted by atomic mass is 35.5. The van der Waals surface area contributed by atoms with Crippen LogP contribution in [0.5, 0.6) is 0 Å². The van der Waals surface area contributed by atoms with Crippen LogP contribution in [0, 0.1) is 6.92 Å². The summed E-state index contributed by atoms with van der Waals surface area (Å²) in [4.78, 5) is 18.7. The molecule has 0 aliphatic heterocycles. The summed E-state index contributed by atoms with van der Waals surface area (Å²) < 4.78 is 0. The molecule has 2 N–H and O–H groups in total. The highest BCUT2D eigenvalue weighted by Crippen LogP contribution is 2.25. The summed E-state index contributed by atoms with van der Waals surface area (Å²) in [7, 11) is 0. The Morgan fingerprint density at radius 3 is 2.83 bits per heavy atom. The summed E-state index contributed by atoms with van der Waals surface area (Å²) >= 11 is 5.97. The Labute approximate surface area is 108 Å². The Kier molecular flexibility index (Phi) is 3.43. The lowest BCUT2D eigenvalue weighted by atomic mass is 10.2. The van der Waals surface area contributed by atoms with Gasteiger partial charge in [-0.25, -0.2) is 9.78 Å². The molecule has 0 saturated heterocycles. The Morgan fingerprint density at radius 2 is 2.22 bits per heavy atom. The number of aryl methyl sites for hydroxylation is 1. The lowest BCUT2D eigenvalue weighted by Gasteiger charge is -2.09. The highest BCUT2D eigenvalue weighted by Gasteiger charge is 2.09. The molecule has 6 heteroatoms. The van der Waals surface area contributed by atoms with Gasteiger partial charge in [-0.1, -0.05) is 11.6 Å². The lowest BCUT2D eigenvalue weighted by molar-refractivity contribution is 0.0696. The van der Waals surface area contributed by atoms with Crippen LogP contribution in [0.3, 0.4) is 0 Å². The number of nitrogens with zero attached hydrogens (tertiary/aromatic N) is 2. The largest absolute Gasteiger partial charge is 0.478 e. The predicted octanol–water partition coefficient (Wildman–Crippen LogP) is 2.88. The van der Waals surface area contributed by atoms with E-state index in [1.807, 2.05) is 13.0 Å². The van der Waals surface area contributed by atoms with Crippen molar-refractivity contribution >= 4 is 29.1 Å². The van der Waals surface area contributed by atoms with E-state index in [1.54, 1.807) is 12.4 Å². The first-order valence-corrected chi connectivity index (χ1v) is 5.52. The van der Waals surface area contributed by atoms with Gasteiger partial charge in [-0.05, 0) is 24.6 Å². The molecule has 0 aromatic carbocycles. The average molecular weight is 264 g/mol. The third kappa shape index (κ3) is 2.57. The molecule has 0 amide bonds. The lowest BCUT2D eigenvalue weighted by Crippen LogP contribution is -2.01. The molecule has 18 heavy (non-hydrogen) atoms. The van der Waals surface area contributed by atoms with Gasteiger partial charge in [-0.15, -0.1) is 0 Å². The topological polar surface area (TPSA) is 75.1 Å². The SMILES string of the molecule is Cc1ccncc1Nc1ncc(C(=O)O)cc1Cl. The first-order valence-electron chi connectivity index (χ1n) is 5.14. The molecular formula is C12H10ClN3O2. The van der Waals surface area contributed by atoms with Crippen LogP contribution in [0.4, 0.5) is 11.5 Å². The van der Waals surface area contributed by atoms with E-state index in [1.165, 1.54) is 12.3 Å². The zero-order chi connectivity index (χ0) is 13.1. The maximum absolute atomic E-state index is 10.7. The van der Waals surface area contributed by atoms with Crippen LogP contribution >= 0.6 is 11.6 Å². The van der Waals surface area contributed by atoms with Crippen LogP contribution in [0.25, 0.3) is 0 Å². The number of hydrogen-bond acceptors (Lipinski definition) is 4. The Morgan fingerprint density at radius 1 is 1.44 bits per heavy atom. The van der Waals surface area contributed by atoms with Crippen molar-refractivity contribution in [3.63, 3.8) is 0 Å². The minimum absolute atomic E-state index is 0.0495. The highest BCUT2D eigenvalue weighted by molar-refractivity contribution is 6.33. The average Bonchev–Trinajstić information content (AvgIpc) is 2.34. The normalized spacial score (nSPS) is 10.1. The maximum Gasteiger partial charge on any atom is 0.337 e. The second-order valence-electron chi connectivity index (χ2n) is 3.68. The number of carboxylic acid groups (broad SMARTS) is 1. The molecule has 2 rings (SSSR count). The van der Waals surface area contributed by atoms with Crippen LogP contribution in [0.15, 0.2) is 30.7 Å². The zero-order valence-corrected chi connectivity index (χ0v) is 10.3. The molecule has 0 unspecified atom stereocenters. The van der Waals surface area contributed by atoms with E-state index >= 15 is 0 Å². The van der Waals surface area contributed by atoms with Gasteiger partial charge in [-0.3, -0.25) is 4.98 Å². The third-order valence-electron chi connectivity index (χ3n) is 2.38. The number of halogens is 1. The number of rotatable bonds is 3. The van der Waals surface area contributed by atoms with Crippen LogP contribution in [0.1, 0.15) is 15.9 Å². The number of anilines is 2. The summed E-state index contributed by atoms with van der Waals surface area (Å²) in [5.74, 6) is -0.661. The molecule has 2 aromatic rings. The number of pyridine rings is 2. The number of nitrogens with one attached hydrogen (secondary N) is 1. The Balaban J connectivity index is 2.30. The standard InChI is InChI=1S/C12H10ClN3O2/c1-7-2-3-14-6-10(7)16-11-9(13)4-8(5-15-11)12(17)18/h2-6H,1H3,(H,15,16)(H,17,18). The molecule has 0 saturated carbocycles. The molecule has 5 nitrogen and oxygen atoms in total. The molecule has 0 atom stereocenters. The summed E-state index contributed by atoms with van der Waals surface area (Å²) in [6, 6.07) is 3.20. The van der Waals surface area contributed by atoms with E-state index in [-0.39, 0.29) is 10.6 Å². The van der Waals surface area contributed by atoms with Crippen molar-refractivity contribution in [1.29, 1.82) is 0 Å².